The van der Waals surface area contributed by atoms with Gasteiger partial charge in [-0.15, -0.1) is 0 Å². The molecule has 0 fully saturated rings. The van der Waals surface area contributed by atoms with Crippen LogP contribution in [0.15, 0.2) is 30.5 Å². The average Bonchev–Trinajstić information content (AvgIpc) is 2.84. The van der Waals surface area contributed by atoms with Crippen LogP contribution in [-0.4, -0.2) is 16.7 Å². The molecule has 0 unspecified atom stereocenters. The lowest BCUT2D eigenvalue weighted by Crippen LogP contribution is -2.05. The summed E-state index contributed by atoms with van der Waals surface area (Å²) < 4.78 is 44.9. The number of benzene rings is 1. The van der Waals surface area contributed by atoms with Gasteiger partial charge < -0.3 is 9.30 Å². The largest absolute Gasteiger partial charge is 0.497 e. The van der Waals surface area contributed by atoms with Crippen LogP contribution in [0.1, 0.15) is 25.6 Å². The molecule has 0 atom stereocenters. The smallest absolute Gasteiger partial charge is 0.434 e. The summed E-state index contributed by atoms with van der Waals surface area (Å²) in [6, 6.07) is 6.67. The number of hydrogen-bond acceptors (Lipinski definition) is 2. The molecule has 2 aromatic rings. The van der Waals surface area contributed by atoms with Crippen molar-refractivity contribution in [1.29, 1.82) is 0 Å². The normalized spacial score (nSPS) is 11.9. The Labute approximate surface area is 115 Å². The number of aromatic nitrogens is 2. The Morgan fingerprint density at radius 2 is 1.75 bits per heavy atom. The van der Waals surface area contributed by atoms with Crippen molar-refractivity contribution in [3.05, 3.63) is 36.2 Å². The number of alkyl halides is 3. The van der Waals surface area contributed by atoms with Gasteiger partial charge in [-0.05, 0) is 38.1 Å². The summed E-state index contributed by atoms with van der Waals surface area (Å²) in [6.45, 7) is 3.63. The van der Waals surface area contributed by atoms with Crippen LogP contribution < -0.4 is 4.74 Å². The molecule has 2 rings (SSSR count). The van der Waals surface area contributed by atoms with Gasteiger partial charge >= 0.3 is 6.18 Å². The Morgan fingerprint density at radius 3 is 2.20 bits per heavy atom. The second-order valence-electron chi connectivity index (χ2n) is 4.68. The van der Waals surface area contributed by atoms with Gasteiger partial charge in [-0.2, -0.15) is 13.2 Å². The molecule has 0 aliphatic rings. The Bertz CT molecular complexity index is 585. The van der Waals surface area contributed by atoms with Gasteiger partial charge in [0.25, 0.3) is 0 Å². The molecule has 20 heavy (non-hydrogen) atoms. The van der Waals surface area contributed by atoms with Crippen molar-refractivity contribution in [2.75, 3.05) is 7.11 Å². The Hall–Kier alpha value is -1.98. The molecular formula is C14H15F3N2O. The second kappa shape index (κ2) is 5.19. The van der Waals surface area contributed by atoms with Crippen molar-refractivity contribution in [2.45, 2.75) is 26.1 Å². The van der Waals surface area contributed by atoms with Crippen molar-refractivity contribution in [3.63, 3.8) is 0 Å². The molecule has 0 amide bonds. The highest BCUT2D eigenvalue weighted by atomic mass is 19.4. The maximum Gasteiger partial charge on any atom is 0.434 e. The minimum atomic E-state index is -4.44. The number of nitrogens with zero attached hydrogens (tertiary/aromatic N) is 2. The summed E-state index contributed by atoms with van der Waals surface area (Å²) >= 11 is 0. The maximum absolute atomic E-state index is 12.8. The van der Waals surface area contributed by atoms with Crippen LogP contribution in [0.2, 0.25) is 0 Å². The van der Waals surface area contributed by atoms with E-state index in [0.717, 1.165) is 6.20 Å². The lowest BCUT2D eigenvalue weighted by Gasteiger charge is -2.11. The third-order valence-corrected chi connectivity index (χ3v) is 2.93. The zero-order valence-corrected chi connectivity index (χ0v) is 11.4. The van der Waals surface area contributed by atoms with Gasteiger partial charge in [0.05, 0.1) is 7.11 Å². The maximum atomic E-state index is 12.8. The molecule has 0 saturated carbocycles. The fourth-order valence-electron chi connectivity index (χ4n) is 1.88. The lowest BCUT2D eigenvalue weighted by molar-refractivity contribution is -0.140. The Kier molecular flexibility index (Phi) is 3.74. The SMILES string of the molecule is COc1ccc(-c2nc(C(F)(F)F)cn2C(C)C)cc1. The summed E-state index contributed by atoms with van der Waals surface area (Å²) in [6.07, 6.45) is -3.40. The number of rotatable bonds is 3. The van der Waals surface area contributed by atoms with Gasteiger partial charge in [-0.25, -0.2) is 4.98 Å². The quantitative estimate of drug-likeness (QED) is 0.846. The van der Waals surface area contributed by atoms with E-state index in [1.807, 2.05) is 13.8 Å². The van der Waals surface area contributed by atoms with Crippen molar-refractivity contribution in [2.24, 2.45) is 0 Å². The number of halogens is 3. The van der Waals surface area contributed by atoms with Gasteiger partial charge in [0.1, 0.15) is 11.6 Å². The van der Waals surface area contributed by atoms with Gasteiger partial charge in [0, 0.05) is 17.8 Å². The topological polar surface area (TPSA) is 27.1 Å². The van der Waals surface area contributed by atoms with E-state index in [2.05, 4.69) is 4.98 Å². The molecule has 108 valence electrons. The van der Waals surface area contributed by atoms with Crippen LogP contribution in [-0.2, 0) is 6.18 Å². The molecule has 0 N–H and O–H groups in total. The monoisotopic (exact) mass is 284 g/mol. The van der Waals surface area contributed by atoms with Crippen LogP contribution in [0.4, 0.5) is 13.2 Å². The van der Waals surface area contributed by atoms with E-state index in [-0.39, 0.29) is 6.04 Å². The van der Waals surface area contributed by atoms with E-state index in [0.29, 0.717) is 17.1 Å². The molecule has 1 aromatic heterocycles. The van der Waals surface area contributed by atoms with Crippen molar-refractivity contribution < 1.29 is 17.9 Å². The molecule has 3 nitrogen and oxygen atoms in total. The fourth-order valence-corrected chi connectivity index (χ4v) is 1.88. The van der Waals surface area contributed by atoms with Gasteiger partial charge in [0.2, 0.25) is 0 Å². The zero-order valence-electron chi connectivity index (χ0n) is 11.4. The third-order valence-electron chi connectivity index (χ3n) is 2.93. The van der Waals surface area contributed by atoms with E-state index in [4.69, 9.17) is 4.74 Å². The summed E-state index contributed by atoms with van der Waals surface area (Å²) in [5.74, 6) is 0.947. The van der Waals surface area contributed by atoms with E-state index >= 15 is 0 Å². The third kappa shape index (κ3) is 2.79. The summed E-state index contributed by atoms with van der Waals surface area (Å²) in [4.78, 5) is 3.73. The number of hydrogen-bond donors (Lipinski definition) is 0. The fraction of sp³-hybridized carbons (Fsp3) is 0.357. The Morgan fingerprint density at radius 1 is 1.15 bits per heavy atom. The first-order valence-corrected chi connectivity index (χ1v) is 6.13. The molecule has 6 heteroatoms. The number of ether oxygens (including phenoxy) is 1. The minimum absolute atomic E-state index is 0.115. The molecule has 0 bridgehead atoms. The molecule has 1 aromatic carbocycles. The first-order chi connectivity index (χ1) is 9.32. The number of imidazole rings is 1. The van der Waals surface area contributed by atoms with Crippen LogP contribution in [0.25, 0.3) is 11.4 Å². The van der Waals surface area contributed by atoms with Gasteiger partial charge in [-0.3, -0.25) is 0 Å². The minimum Gasteiger partial charge on any atom is -0.497 e. The van der Waals surface area contributed by atoms with E-state index < -0.39 is 11.9 Å². The first-order valence-electron chi connectivity index (χ1n) is 6.13. The highest BCUT2D eigenvalue weighted by Gasteiger charge is 2.35. The molecule has 0 aliphatic heterocycles. The zero-order chi connectivity index (χ0) is 14.9. The first kappa shape index (κ1) is 14.4. The van der Waals surface area contributed by atoms with Crippen LogP contribution in [0, 0.1) is 0 Å². The second-order valence-corrected chi connectivity index (χ2v) is 4.68. The average molecular weight is 284 g/mol. The standard InChI is InChI=1S/C14H15F3N2O/c1-9(2)19-8-12(14(15,16)17)18-13(19)10-4-6-11(20-3)7-5-10/h4-9H,1-3H3. The molecule has 0 saturated heterocycles. The van der Waals surface area contributed by atoms with Gasteiger partial charge in [0.15, 0.2) is 5.69 Å². The number of methoxy groups -OCH3 is 1. The molecule has 0 spiro atoms. The molecular weight excluding hydrogens is 269 g/mol. The van der Waals surface area contributed by atoms with E-state index in [1.54, 1.807) is 24.3 Å². The highest BCUT2D eigenvalue weighted by molar-refractivity contribution is 5.57. The molecule has 0 aliphatic carbocycles. The van der Waals surface area contributed by atoms with Crippen molar-refractivity contribution in [1.82, 2.24) is 9.55 Å². The van der Waals surface area contributed by atoms with E-state index in [1.165, 1.54) is 11.7 Å². The van der Waals surface area contributed by atoms with Crippen LogP contribution in [0.5, 0.6) is 5.75 Å². The van der Waals surface area contributed by atoms with Crippen molar-refractivity contribution in [3.8, 4) is 17.1 Å². The lowest BCUT2D eigenvalue weighted by atomic mass is 10.2. The summed E-state index contributed by atoms with van der Waals surface area (Å²) in [5, 5.41) is 0. The molecule has 0 radical (unpaired) electrons. The highest BCUT2D eigenvalue weighted by Crippen LogP contribution is 2.32. The summed E-state index contributed by atoms with van der Waals surface area (Å²) in [5.41, 5.74) is -0.257. The van der Waals surface area contributed by atoms with Crippen LogP contribution in [0.3, 0.4) is 0 Å². The molecule has 1 heterocycles. The Balaban J connectivity index is 2.50. The predicted octanol–water partition coefficient (Wildman–Crippen LogP) is 4.16. The van der Waals surface area contributed by atoms with E-state index in [9.17, 15) is 13.2 Å². The van der Waals surface area contributed by atoms with Crippen LogP contribution >= 0.6 is 0 Å². The van der Waals surface area contributed by atoms with Crippen molar-refractivity contribution >= 4 is 0 Å². The summed E-state index contributed by atoms with van der Waals surface area (Å²) in [7, 11) is 1.53. The predicted molar refractivity (Wildman–Crippen MR) is 69.6 cm³/mol. The van der Waals surface area contributed by atoms with Gasteiger partial charge in [-0.1, -0.05) is 0 Å².